The molecule has 0 aliphatic heterocycles. The highest BCUT2D eigenvalue weighted by molar-refractivity contribution is 5.37. The van der Waals surface area contributed by atoms with E-state index in [4.69, 9.17) is 0 Å². The van der Waals surface area contributed by atoms with E-state index in [0.717, 1.165) is 6.42 Å². The molecule has 90 valence electrons. The molecular weight excluding hydrogens is 204 g/mol. The fourth-order valence-corrected chi connectivity index (χ4v) is 2.53. The van der Waals surface area contributed by atoms with Crippen molar-refractivity contribution in [3.05, 3.63) is 58.2 Å². The average molecular weight is 226 g/mol. The van der Waals surface area contributed by atoms with Crippen molar-refractivity contribution in [3.8, 4) is 0 Å². The highest BCUT2D eigenvalue weighted by atomic mass is 14.2. The third-order valence-corrected chi connectivity index (χ3v) is 3.91. The summed E-state index contributed by atoms with van der Waals surface area (Å²) in [6.45, 7) is 8.97. The first-order chi connectivity index (χ1) is 8.08. The van der Waals surface area contributed by atoms with Crippen LogP contribution in [0, 0.1) is 26.7 Å². The Balaban J connectivity index is 2.16. The Morgan fingerprint density at radius 2 is 1.76 bits per heavy atom. The molecule has 0 fully saturated rings. The third-order valence-electron chi connectivity index (χ3n) is 3.91. The number of benzene rings is 1. The van der Waals surface area contributed by atoms with Gasteiger partial charge in [0.05, 0.1) is 0 Å². The monoisotopic (exact) mass is 226 g/mol. The van der Waals surface area contributed by atoms with E-state index in [1.165, 1.54) is 28.7 Å². The van der Waals surface area contributed by atoms with Crippen LogP contribution in [0.15, 0.2) is 35.9 Å². The van der Waals surface area contributed by atoms with Crippen molar-refractivity contribution in [2.75, 3.05) is 0 Å². The van der Waals surface area contributed by atoms with E-state index in [-0.39, 0.29) is 0 Å². The lowest BCUT2D eigenvalue weighted by Crippen LogP contribution is -2.04. The number of allylic oxidation sites excluding steroid dienone is 4. The van der Waals surface area contributed by atoms with Crippen LogP contribution in [0.2, 0.25) is 0 Å². The van der Waals surface area contributed by atoms with Gasteiger partial charge in [0.15, 0.2) is 0 Å². The van der Waals surface area contributed by atoms with Gasteiger partial charge >= 0.3 is 0 Å². The minimum atomic E-state index is 0.658. The van der Waals surface area contributed by atoms with E-state index in [1.54, 1.807) is 5.57 Å². The Hall–Kier alpha value is -1.30. The van der Waals surface area contributed by atoms with Crippen LogP contribution in [0.25, 0.3) is 0 Å². The highest BCUT2D eigenvalue weighted by Gasteiger charge is 2.12. The lowest BCUT2D eigenvalue weighted by Gasteiger charge is -2.16. The molecular formula is C17H22. The molecule has 0 radical (unpaired) electrons. The summed E-state index contributed by atoms with van der Waals surface area (Å²) in [6.07, 6.45) is 9.02. The minimum Gasteiger partial charge on any atom is -0.0805 e. The zero-order chi connectivity index (χ0) is 12.4. The fourth-order valence-electron chi connectivity index (χ4n) is 2.53. The van der Waals surface area contributed by atoms with Gasteiger partial charge in [0.2, 0.25) is 0 Å². The second kappa shape index (κ2) is 4.91. The normalized spacial score (nSPS) is 16.1. The number of hydrogen-bond acceptors (Lipinski definition) is 0. The Labute approximate surface area is 105 Å². The minimum absolute atomic E-state index is 0.658. The van der Waals surface area contributed by atoms with Crippen molar-refractivity contribution in [2.24, 2.45) is 5.92 Å². The summed E-state index contributed by atoms with van der Waals surface area (Å²) in [6, 6.07) is 4.68. The van der Waals surface area contributed by atoms with Crippen LogP contribution >= 0.6 is 0 Å². The predicted molar refractivity (Wildman–Crippen MR) is 75.4 cm³/mol. The number of rotatable bonds is 3. The fraction of sp³-hybridized carbons (Fsp3) is 0.412. The van der Waals surface area contributed by atoms with Gasteiger partial charge in [0.25, 0.3) is 0 Å². The molecule has 0 saturated heterocycles. The largest absolute Gasteiger partial charge is 0.0805 e. The van der Waals surface area contributed by atoms with Crippen LogP contribution in [0.3, 0.4) is 0 Å². The Kier molecular flexibility index (Phi) is 3.51. The molecule has 1 aliphatic carbocycles. The van der Waals surface area contributed by atoms with Gasteiger partial charge in [0.1, 0.15) is 0 Å². The molecule has 0 heterocycles. The molecule has 1 atom stereocenters. The summed E-state index contributed by atoms with van der Waals surface area (Å²) >= 11 is 0. The van der Waals surface area contributed by atoms with Gasteiger partial charge in [-0.3, -0.25) is 0 Å². The lowest BCUT2D eigenvalue weighted by atomic mass is 9.89. The average Bonchev–Trinajstić information content (AvgIpc) is 2.79. The summed E-state index contributed by atoms with van der Waals surface area (Å²) in [5.74, 6) is 0.658. The van der Waals surface area contributed by atoms with Gasteiger partial charge in [-0.1, -0.05) is 42.9 Å². The van der Waals surface area contributed by atoms with Crippen LogP contribution < -0.4 is 0 Å². The maximum Gasteiger partial charge on any atom is -0.0130 e. The quantitative estimate of drug-likeness (QED) is 0.702. The van der Waals surface area contributed by atoms with Crippen LogP contribution in [0.1, 0.15) is 35.6 Å². The standard InChI is InChI=1S/C17H22/c1-12-9-14(3)17(10-13(12)2)11-15(4)16-7-5-6-8-16/h5-7,9-10,15H,8,11H2,1-4H3. The second-order valence-corrected chi connectivity index (χ2v) is 5.34. The maximum absolute atomic E-state index is 2.37. The lowest BCUT2D eigenvalue weighted by molar-refractivity contribution is 0.664. The third kappa shape index (κ3) is 2.69. The molecule has 0 saturated carbocycles. The molecule has 0 spiro atoms. The van der Waals surface area contributed by atoms with Gasteiger partial charge in [0, 0.05) is 0 Å². The van der Waals surface area contributed by atoms with E-state index < -0.39 is 0 Å². The van der Waals surface area contributed by atoms with Crippen LogP contribution in [-0.2, 0) is 6.42 Å². The molecule has 17 heavy (non-hydrogen) atoms. The molecule has 2 rings (SSSR count). The Morgan fingerprint density at radius 3 is 2.41 bits per heavy atom. The Morgan fingerprint density at radius 1 is 1.06 bits per heavy atom. The molecule has 1 aromatic carbocycles. The van der Waals surface area contributed by atoms with Crippen LogP contribution in [0.4, 0.5) is 0 Å². The Bertz CT molecular complexity index is 475. The first-order valence-electron chi connectivity index (χ1n) is 6.50. The zero-order valence-electron chi connectivity index (χ0n) is 11.4. The summed E-state index contributed by atoms with van der Waals surface area (Å²) in [4.78, 5) is 0. The van der Waals surface area contributed by atoms with Crippen LogP contribution in [0.5, 0.6) is 0 Å². The van der Waals surface area contributed by atoms with Crippen LogP contribution in [-0.4, -0.2) is 0 Å². The number of hydrogen-bond donors (Lipinski definition) is 0. The smallest absolute Gasteiger partial charge is 0.0130 e. The first-order valence-corrected chi connectivity index (χ1v) is 6.50. The summed E-state index contributed by atoms with van der Waals surface area (Å²) < 4.78 is 0. The topological polar surface area (TPSA) is 0 Å². The molecule has 0 aromatic heterocycles. The van der Waals surface area contributed by atoms with Crippen molar-refractivity contribution >= 4 is 0 Å². The van der Waals surface area contributed by atoms with Gasteiger partial charge in [-0.05, 0) is 61.8 Å². The van der Waals surface area contributed by atoms with Gasteiger partial charge in [-0.25, -0.2) is 0 Å². The molecule has 1 aromatic rings. The molecule has 0 N–H and O–H groups in total. The van der Waals surface area contributed by atoms with Gasteiger partial charge < -0.3 is 0 Å². The molecule has 0 amide bonds. The maximum atomic E-state index is 2.37. The van der Waals surface area contributed by atoms with Gasteiger partial charge in [-0.2, -0.15) is 0 Å². The van der Waals surface area contributed by atoms with Crippen molar-refractivity contribution in [3.63, 3.8) is 0 Å². The SMILES string of the molecule is Cc1cc(C)c(CC(C)C2=CC=CC2)cc1C. The van der Waals surface area contributed by atoms with Crippen molar-refractivity contribution < 1.29 is 0 Å². The predicted octanol–water partition coefficient (Wildman–Crippen LogP) is 4.68. The van der Waals surface area contributed by atoms with Crippen molar-refractivity contribution in [2.45, 2.75) is 40.5 Å². The molecule has 1 unspecified atom stereocenters. The second-order valence-electron chi connectivity index (χ2n) is 5.34. The van der Waals surface area contributed by atoms with Gasteiger partial charge in [-0.15, -0.1) is 0 Å². The van der Waals surface area contributed by atoms with E-state index >= 15 is 0 Å². The molecule has 0 bridgehead atoms. The summed E-state index contributed by atoms with van der Waals surface area (Å²) in [7, 11) is 0. The zero-order valence-corrected chi connectivity index (χ0v) is 11.4. The first kappa shape index (κ1) is 12.2. The summed E-state index contributed by atoms with van der Waals surface area (Å²) in [5, 5.41) is 0. The van der Waals surface area contributed by atoms with E-state index in [0.29, 0.717) is 5.92 Å². The molecule has 0 heteroatoms. The number of aryl methyl sites for hydroxylation is 3. The molecule has 1 aliphatic rings. The van der Waals surface area contributed by atoms with Crippen molar-refractivity contribution in [1.82, 2.24) is 0 Å². The summed E-state index contributed by atoms with van der Waals surface area (Å²) in [5.41, 5.74) is 7.33. The molecule has 0 nitrogen and oxygen atoms in total. The van der Waals surface area contributed by atoms with E-state index in [9.17, 15) is 0 Å². The van der Waals surface area contributed by atoms with E-state index in [2.05, 4.69) is 58.1 Å². The van der Waals surface area contributed by atoms with Crippen molar-refractivity contribution in [1.29, 1.82) is 0 Å². The highest BCUT2D eigenvalue weighted by Crippen LogP contribution is 2.26. The van der Waals surface area contributed by atoms with E-state index in [1.807, 2.05) is 0 Å².